The van der Waals surface area contributed by atoms with Crippen molar-refractivity contribution in [3.63, 3.8) is 0 Å². The minimum atomic E-state index is -0.954. The van der Waals surface area contributed by atoms with Gasteiger partial charge < -0.3 is 19.9 Å². The number of thiol groups is 1. The van der Waals surface area contributed by atoms with Crippen molar-refractivity contribution in [3.05, 3.63) is 0 Å². The highest BCUT2D eigenvalue weighted by atomic mass is 32.1. The van der Waals surface area contributed by atoms with Gasteiger partial charge in [0.05, 0.1) is 5.25 Å². The van der Waals surface area contributed by atoms with E-state index in [1.165, 1.54) is 6.42 Å². The molecule has 3 amide bonds. The minimum absolute atomic E-state index is 0.0417. The molecule has 31 heavy (non-hydrogen) atoms. The lowest BCUT2D eigenvalue weighted by Gasteiger charge is -2.43. The lowest BCUT2D eigenvalue weighted by Crippen LogP contribution is -2.64. The molecule has 0 spiro atoms. The van der Waals surface area contributed by atoms with Crippen molar-refractivity contribution in [1.82, 2.24) is 15.1 Å². The fourth-order valence-corrected chi connectivity index (χ4v) is 6.04. The van der Waals surface area contributed by atoms with E-state index in [0.717, 1.165) is 44.8 Å². The molecule has 8 heteroatoms. The minimum Gasteiger partial charge on any atom is -0.354 e. The van der Waals surface area contributed by atoms with Crippen molar-refractivity contribution in [3.8, 4) is 0 Å². The summed E-state index contributed by atoms with van der Waals surface area (Å²) in [6.07, 6.45) is 9.23. The maximum absolute atomic E-state index is 13.8. The summed E-state index contributed by atoms with van der Waals surface area (Å²) >= 11 is 4.70. The van der Waals surface area contributed by atoms with Crippen molar-refractivity contribution >= 4 is 36.6 Å². The van der Waals surface area contributed by atoms with E-state index in [4.69, 9.17) is 12.6 Å². The van der Waals surface area contributed by atoms with Gasteiger partial charge in [0.25, 0.3) is 0 Å². The topological polar surface area (TPSA) is 86.8 Å². The van der Waals surface area contributed by atoms with Gasteiger partial charge in [0.1, 0.15) is 17.4 Å². The van der Waals surface area contributed by atoms with E-state index in [2.05, 4.69) is 5.32 Å². The molecule has 0 bridgehead atoms. The van der Waals surface area contributed by atoms with Crippen LogP contribution >= 0.6 is 12.6 Å². The first-order chi connectivity index (χ1) is 14.8. The molecule has 0 radical (unpaired) electrons. The molecule has 2 saturated heterocycles. The number of nitrogens with one attached hydrogen (secondary N) is 1. The summed E-state index contributed by atoms with van der Waals surface area (Å²) in [5.41, 5.74) is -1.90. The van der Waals surface area contributed by atoms with Gasteiger partial charge in [0.2, 0.25) is 17.7 Å². The molecular weight excluding hydrogens is 414 g/mol. The fraction of sp³-hybridized carbons (Fsp3) is 0.826. The lowest BCUT2D eigenvalue weighted by atomic mass is 9.85. The summed E-state index contributed by atoms with van der Waals surface area (Å²) in [6, 6.07) is 0. The van der Waals surface area contributed by atoms with Gasteiger partial charge in [-0.15, -0.1) is 0 Å². The molecule has 2 aliphatic heterocycles. The molecule has 1 N–H and O–H groups in total. The third-order valence-electron chi connectivity index (χ3n) is 7.64. The van der Waals surface area contributed by atoms with Crippen molar-refractivity contribution in [2.45, 2.75) is 94.4 Å². The number of amides is 3. The maximum atomic E-state index is 13.8. The number of nitrogens with zero attached hydrogens (tertiary/aromatic N) is 2. The van der Waals surface area contributed by atoms with Crippen LogP contribution in [0.15, 0.2) is 0 Å². The van der Waals surface area contributed by atoms with Crippen LogP contribution in [0.1, 0.15) is 78.1 Å². The molecule has 3 atom stereocenters. The lowest BCUT2D eigenvalue weighted by molar-refractivity contribution is -0.156. The number of rotatable bonds is 7. The van der Waals surface area contributed by atoms with Crippen LogP contribution in [0.5, 0.6) is 0 Å². The highest BCUT2D eigenvalue weighted by molar-refractivity contribution is 7.81. The normalized spacial score (nSPS) is 30.3. The molecule has 1 saturated carbocycles. The van der Waals surface area contributed by atoms with E-state index in [1.807, 2.05) is 6.92 Å². The van der Waals surface area contributed by atoms with E-state index >= 15 is 0 Å². The zero-order valence-corrected chi connectivity index (χ0v) is 19.8. The largest absolute Gasteiger partial charge is 0.354 e. The molecule has 7 nitrogen and oxygen atoms in total. The third-order valence-corrected chi connectivity index (χ3v) is 8.28. The van der Waals surface area contributed by atoms with Crippen LogP contribution in [0.25, 0.3) is 0 Å². The van der Waals surface area contributed by atoms with Gasteiger partial charge in [0.15, 0.2) is 0 Å². The van der Waals surface area contributed by atoms with Gasteiger partial charge in [-0.2, -0.15) is 12.6 Å². The van der Waals surface area contributed by atoms with Gasteiger partial charge in [-0.1, -0.05) is 19.3 Å². The summed E-state index contributed by atoms with van der Waals surface area (Å²) in [5, 5.41) is 2.42. The summed E-state index contributed by atoms with van der Waals surface area (Å²) in [7, 11) is 0. The van der Waals surface area contributed by atoms with Crippen molar-refractivity contribution in [2.24, 2.45) is 5.92 Å². The Hall–Kier alpha value is -1.57. The van der Waals surface area contributed by atoms with Crippen molar-refractivity contribution in [2.75, 3.05) is 19.6 Å². The number of carbonyl (C=O) groups excluding carboxylic acids is 4. The third kappa shape index (κ3) is 4.64. The Labute approximate surface area is 191 Å². The summed E-state index contributed by atoms with van der Waals surface area (Å²) in [4.78, 5) is 54.1. The maximum Gasteiger partial charge on any atom is 0.249 e. The molecule has 0 aromatic carbocycles. The number of hydrogen-bond donors (Lipinski definition) is 2. The van der Waals surface area contributed by atoms with Gasteiger partial charge in [-0.05, 0) is 58.3 Å². The smallest absolute Gasteiger partial charge is 0.249 e. The van der Waals surface area contributed by atoms with E-state index < -0.39 is 11.1 Å². The molecule has 0 aromatic rings. The van der Waals surface area contributed by atoms with Crippen LogP contribution in [0.2, 0.25) is 0 Å². The average Bonchev–Trinajstić information content (AvgIpc) is 3.37. The molecule has 3 rings (SSSR count). The number of likely N-dealkylation sites (tertiary alicyclic amines) is 2. The summed E-state index contributed by atoms with van der Waals surface area (Å²) < 4.78 is 0. The molecule has 174 valence electrons. The van der Waals surface area contributed by atoms with Gasteiger partial charge in [0, 0.05) is 26.1 Å². The zero-order valence-electron chi connectivity index (χ0n) is 18.9. The van der Waals surface area contributed by atoms with Crippen LogP contribution in [-0.4, -0.2) is 69.8 Å². The Kier molecular flexibility index (Phi) is 7.71. The van der Waals surface area contributed by atoms with Crippen LogP contribution in [0, 0.1) is 5.92 Å². The zero-order chi connectivity index (χ0) is 22.6. The van der Waals surface area contributed by atoms with Crippen molar-refractivity contribution < 1.29 is 19.2 Å². The molecule has 2 heterocycles. The summed E-state index contributed by atoms with van der Waals surface area (Å²) in [5.74, 6) is -0.146. The molecular formula is C23H37N3O4S. The Morgan fingerprint density at radius 3 is 2.26 bits per heavy atom. The van der Waals surface area contributed by atoms with Gasteiger partial charge in [-0.3, -0.25) is 14.4 Å². The number of hydrogen-bond acceptors (Lipinski definition) is 5. The van der Waals surface area contributed by atoms with Crippen LogP contribution < -0.4 is 5.32 Å². The Morgan fingerprint density at radius 1 is 1.00 bits per heavy atom. The van der Waals surface area contributed by atoms with Gasteiger partial charge >= 0.3 is 0 Å². The quantitative estimate of drug-likeness (QED) is 0.353. The van der Waals surface area contributed by atoms with E-state index in [9.17, 15) is 19.2 Å². The monoisotopic (exact) mass is 451 g/mol. The molecule has 1 aliphatic carbocycles. The SMILES string of the molecule is CC1(C(=O)NCCC=O)CCCN1C(=O)C1(C)CCCN1C(=O)C(S)C1CCCCC1. The summed E-state index contributed by atoms with van der Waals surface area (Å²) in [6.45, 7) is 4.97. The first-order valence-electron chi connectivity index (χ1n) is 11.8. The highest BCUT2D eigenvalue weighted by Gasteiger charge is 2.54. The van der Waals surface area contributed by atoms with Gasteiger partial charge in [-0.25, -0.2) is 0 Å². The fourth-order valence-electron chi connectivity index (χ4n) is 5.60. The number of aldehydes is 1. The second-order valence-corrected chi connectivity index (χ2v) is 10.3. The Balaban J connectivity index is 1.75. The van der Waals surface area contributed by atoms with Crippen LogP contribution in [0.4, 0.5) is 0 Å². The Morgan fingerprint density at radius 2 is 1.61 bits per heavy atom. The highest BCUT2D eigenvalue weighted by Crippen LogP contribution is 2.39. The second kappa shape index (κ2) is 9.92. The predicted molar refractivity (Wildman–Crippen MR) is 122 cm³/mol. The Bertz CT molecular complexity index is 711. The standard InChI is InChI=1S/C23H37N3O4S/c1-22(20(29)24-13-8-16-27)11-6-15-26(22)21(30)23(2)12-7-14-25(23)19(28)18(31)17-9-4-3-5-10-17/h16-18,31H,3-15H2,1-2H3,(H,24,29). The first kappa shape index (κ1) is 24.1. The second-order valence-electron chi connectivity index (χ2n) is 9.76. The van der Waals surface area contributed by atoms with Crippen molar-refractivity contribution in [1.29, 1.82) is 0 Å². The average molecular weight is 452 g/mol. The number of carbonyl (C=O) groups is 4. The van der Waals surface area contributed by atoms with E-state index in [0.29, 0.717) is 25.9 Å². The predicted octanol–water partition coefficient (Wildman–Crippen LogP) is 2.33. The van der Waals surface area contributed by atoms with E-state index in [-0.39, 0.29) is 41.9 Å². The first-order valence-corrected chi connectivity index (χ1v) is 12.3. The molecule has 0 aromatic heterocycles. The molecule has 3 aliphatic rings. The van der Waals surface area contributed by atoms with Crippen LogP contribution in [-0.2, 0) is 19.2 Å². The van der Waals surface area contributed by atoms with Crippen LogP contribution in [0.3, 0.4) is 0 Å². The van der Waals surface area contributed by atoms with E-state index in [1.54, 1.807) is 16.7 Å². The molecule has 3 unspecified atom stereocenters. The molecule has 3 fully saturated rings.